The van der Waals surface area contributed by atoms with Crippen molar-refractivity contribution >= 4 is 20.5 Å². The average molecular weight is 108 g/mol. The van der Waals surface area contributed by atoms with Crippen LogP contribution in [0.5, 0.6) is 0 Å². The van der Waals surface area contributed by atoms with Gasteiger partial charge in [0, 0.05) is 0 Å². The predicted molar refractivity (Wildman–Crippen MR) is 29.8 cm³/mol. The molecule has 0 aromatic heterocycles. The molecule has 0 spiro atoms. The summed E-state index contributed by atoms with van der Waals surface area (Å²) in [5, 5.41) is 0. The van der Waals surface area contributed by atoms with E-state index in [0.717, 1.165) is 0 Å². The minimum atomic E-state index is 1.77. The van der Waals surface area contributed by atoms with Crippen molar-refractivity contribution in [1.82, 2.24) is 0 Å². The number of hydrogen-bond donors (Lipinski definition) is 0. The Labute approximate surface area is 44.8 Å². The Morgan fingerprint density at radius 3 is 1.33 bits per heavy atom. The molecule has 0 aromatic rings. The molecule has 0 fully saturated rings. The zero-order chi connectivity index (χ0) is 4.83. The lowest BCUT2D eigenvalue weighted by Crippen LogP contribution is -1.50. The maximum absolute atomic E-state index is 3.14. The fraction of sp³-hybridized carbons (Fsp3) is 0. The van der Waals surface area contributed by atoms with Crippen LogP contribution in [0.15, 0.2) is 23.6 Å². The van der Waals surface area contributed by atoms with Crippen LogP contribution in [0.4, 0.5) is 0 Å². The molecule has 0 N–H and O–H groups in total. The lowest BCUT2D eigenvalue weighted by molar-refractivity contribution is 2.08. The van der Waals surface area contributed by atoms with Crippen LogP contribution in [0.1, 0.15) is 0 Å². The van der Waals surface area contributed by atoms with Crippen molar-refractivity contribution in [1.29, 1.82) is 0 Å². The number of hydrogen-bond acceptors (Lipinski definition) is 0. The molecule has 0 aliphatic carbocycles. The van der Waals surface area contributed by atoms with E-state index in [2.05, 4.69) is 20.5 Å². The van der Waals surface area contributed by atoms with Gasteiger partial charge in [-0.1, -0.05) is 12.2 Å². The summed E-state index contributed by atoms with van der Waals surface area (Å²) in [6, 6.07) is 0. The van der Waals surface area contributed by atoms with Crippen molar-refractivity contribution < 1.29 is 0 Å². The van der Waals surface area contributed by atoms with Gasteiger partial charge in [-0.25, -0.2) is 0 Å². The molecule has 0 amide bonds. The fourth-order valence-electron chi connectivity index (χ4n) is 0.111. The molecule has 0 saturated carbocycles. The summed E-state index contributed by atoms with van der Waals surface area (Å²) in [5.74, 6) is 0. The van der Waals surface area contributed by atoms with Crippen LogP contribution in [-0.4, -0.2) is 20.5 Å². The molecule has 0 saturated heterocycles. The lowest BCUT2D eigenvalue weighted by atomic mass is 10.6. The van der Waals surface area contributed by atoms with E-state index >= 15 is 0 Å². The van der Waals surface area contributed by atoms with Gasteiger partial charge in [-0.05, 0) is 0 Å². The molecule has 0 aromatic carbocycles. The SMILES string of the molecule is [Si]/C=C/C=C/[Si]. The molecule has 2 heteroatoms. The Morgan fingerprint density at radius 1 is 0.833 bits per heavy atom. The second kappa shape index (κ2) is 4.91. The Kier molecular flexibility index (Phi) is 4.84. The highest BCUT2D eigenvalue weighted by atomic mass is 28.1. The Bertz CT molecular complexity index is 53.9. The van der Waals surface area contributed by atoms with Gasteiger partial charge in [0.25, 0.3) is 0 Å². The molecular weight excluding hydrogens is 104 g/mol. The molecule has 0 aliphatic rings. The first-order valence-corrected chi connectivity index (χ1v) is 2.73. The summed E-state index contributed by atoms with van der Waals surface area (Å²) in [4.78, 5) is 0. The third-order valence-electron chi connectivity index (χ3n) is 0.304. The van der Waals surface area contributed by atoms with Gasteiger partial charge >= 0.3 is 0 Å². The van der Waals surface area contributed by atoms with Crippen LogP contribution < -0.4 is 0 Å². The highest BCUT2D eigenvalue weighted by Gasteiger charge is 1.49. The van der Waals surface area contributed by atoms with Gasteiger partial charge < -0.3 is 0 Å². The summed E-state index contributed by atoms with van der Waals surface area (Å²) < 4.78 is 0. The Hall–Kier alpha value is -0.0862. The van der Waals surface area contributed by atoms with Crippen LogP contribution in [0, 0.1) is 0 Å². The summed E-state index contributed by atoms with van der Waals surface area (Å²) in [7, 11) is 6.28. The van der Waals surface area contributed by atoms with E-state index < -0.39 is 0 Å². The topological polar surface area (TPSA) is 0 Å². The number of rotatable bonds is 1. The molecule has 0 atom stereocenters. The smallest absolute Gasteiger partial charge is 0.0600 e. The monoisotopic (exact) mass is 108 g/mol. The van der Waals surface area contributed by atoms with Gasteiger partial charge in [0.15, 0.2) is 0 Å². The zero-order valence-corrected chi connectivity index (χ0v) is 5.31. The molecule has 0 nitrogen and oxygen atoms in total. The fourth-order valence-corrected chi connectivity index (χ4v) is 0.333. The number of allylic oxidation sites excluding steroid dienone is 2. The van der Waals surface area contributed by atoms with Gasteiger partial charge in [0.1, 0.15) is 0 Å². The first kappa shape index (κ1) is 5.91. The molecule has 0 bridgehead atoms. The van der Waals surface area contributed by atoms with Crippen LogP contribution in [-0.2, 0) is 0 Å². The quantitative estimate of drug-likeness (QED) is 0.336. The van der Waals surface area contributed by atoms with Crippen molar-refractivity contribution in [2.75, 3.05) is 0 Å². The summed E-state index contributed by atoms with van der Waals surface area (Å²) in [6.45, 7) is 0. The third-order valence-corrected chi connectivity index (χ3v) is 0.688. The van der Waals surface area contributed by atoms with E-state index in [-0.39, 0.29) is 0 Å². The molecule has 6 heavy (non-hydrogen) atoms. The Morgan fingerprint density at radius 2 is 1.17 bits per heavy atom. The highest BCUT2D eigenvalue weighted by molar-refractivity contribution is 6.18. The van der Waals surface area contributed by atoms with E-state index in [1.165, 1.54) is 0 Å². The average Bonchev–Trinajstić information content (AvgIpc) is 1.61. The van der Waals surface area contributed by atoms with Crippen molar-refractivity contribution in [3.63, 3.8) is 0 Å². The molecule has 0 aliphatic heterocycles. The molecule has 6 radical (unpaired) electrons. The molecular formula is C4H4Si2. The van der Waals surface area contributed by atoms with E-state index in [4.69, 9.17) is 0 Å². The van der Waals surface area contributed by atoms with Crippen LogP contribution in [0.25, 0.3) is 0 Å². The molecule has 28 valence electrons. The largest absolute Gasteiger partial charge is 0.102 e. The second-order valence-corrected chi connectivity index (χ2v) is 1.38. The minimum Gasteiger partial charge on any atom is -0.102 e. The van der Waals surface area contributed by atoms with Gasteiger partial charge in [-0.15, -0.1) is 11.4 Å². The van der Waals surface area contributed by atoms with Crippen molar-refractivity contribution in [2.24, 2.45) is 0 Å². The van der Waals surface area contributed by atoms with Gasteiger partial charge in [-0.3, -0.25) is 0 Å². The van der Waals surface area contributed by atoms with E-state index in [9.17, 15) is 0 Å². The van der Waals surface area contributed by atoms with Crippen LogP contribution >= 0.6 is 0 Å². The molecule has 0 unspecified atom stereocenters. The normalized spacial score (nSPS) is 11.7. The van der Waals surface area contributed by atoms with Crippen molar-refractivity contribution in [3.05, 3.63) is 23.6 Å². The van der Waals surface area contributed by atoms with Crippen molar-refractivity contribution in [3.8, 4) is 0 Å². The van der Waals surface area contributed by atoms with Crippen LogP contribution in [0.3, 0.4) is 0 Å². The standard InChI is InChI=1S/C4H4Si2/c5-3-1-2-4-6/h1-4H/b3-1+,4-2+. The minimum absolute atomic E-state index is 1.77. The second-order valence-electron chi connectivity index (χ2n) is 0.718. The van der Waals surface area contributed by atoms with Gasteiger partial charge in [0.05, 0.1) is 20.5 Å². The van der Waals surface area contributed by atoms with Gasteiger partial charge in [0.2, 0.25) is 0 Å². The maximum atomic E-state index is 3.14. The summed E-state index contributed by atoms with van der Waals surface area (Å²) in [6.07, 6.45) is 3.73. The predicted octanol–water partition coefficient (Wildman–Crippen LogP) is 0.351. The molecule has 0 heterocycles. The van der Waals surface area contributed by atoms with Gasteiger partial charge in [-0.2, -0.15) is 0 Å². The van der Waals surface area contributed by atoms with Crippen LogP contribution in [0.2, 0.25) is 0 Å². The highest BCUT2D eigenvalue weighted by Crippen LogP contribution is 1.65. The maximum Gasteiger partial charge on any atom is 0.0600 e. The Balaban J connectivity index is 3.07. The first-order valence-electron chi connectivity index (χ1n) is 1.58. The first-order chi connectivity index (χ1) is 2.91. The lowest BCUT2D eigenvalue weighted by Gasteiger charge is -1.62. The van der Waals surface area contributed by atoms with Crippen molar-refractivity contribution in [2.45, 2.75) is 0 Å². The van der Waals surface area contributed by atoms with E-state index in [1.54, 1.807) is 11.4 Å². The van der Waals surface area contributed by atoms with E-state index in [1.807, 2.05) is 12.2 Å². The summed E-state index contributed by atoms with van der Waals surface area (Å²) >= 11 is 0. The van der Waals surface area contributed by atoms with E-state index in [0.29, 0.717) is 0 Å². The zero-order valence-electron chi connectivity index (χ0n) is 3.31. The summed E-state index contributed by atoms with van der Waals surface area (Å²) in [5.41, 5.74) is 3.55. The molecule has 0 rings (SSSR count). The third kappa shape index (κ3) is 3.91.